The van der Waals surface area contributed by atoms with Crippen LogP contribution in [0.15, 0.2) is 24.3 Å². The summed E-state index contributed by atoms with van der Waals surface area (Å²) < 4.78 is 89.3. The minimum absolute atomic E-state index is 0.432. The Morgan fingerprint density at radius 1 is 0.955 bits per heavy atom. The molecule has 1 aromatic rings. The standard InChI is InChI=1S/C13H15F6NOS/c1-11(2,3)22(21)20-10(13(17,18)19)8-4-6-9(7-5-8)12(14,15)16/h4-7,10,20H,1-3H3/t10-,22?/m0/s1. The van der Waals surface area contributed by atoms with Crippen molar-refractivity contribution in [3.8, 4) is 0 Å². The summed E-state index contributed by atoms with van der Waals surface area (Å²) >= 11 is 0. The molecule has 22 heavy (non-hydrogen) atoms. The fourth-order valence-corrected chi connectivity index (χ4v) is 2.31. The van der Waals surface area contributed by atoms with Crippen molar-refractivity contribution in [2.24, 2.45) is 0 Å². The maximum Gasteiger partial charge on any atom is 0.416 e. The van der Waals surface area contributed by atoms with Gasteiger partial charge in [0.15, 0.2) is 0 Å². The molecule has 1 aromatic carbocycles. The highest BCUT2D eigenvalue weighted by molar-refractivity contribution is 7.84. The van der Waals surface area contributed by atoms with Gasteiger partial charge in [0.2, 0.25) is 0 Å². The lowest BCUT2D eigenvalue weighted by atomic mass is 10.1. The van der Waals surface area contributed by atoms with Crippen molar-refractivity contribution in [1.29, 1.82) is 0 Å². The Balaban J connectivity index is 3.12. The van der Waals surface area contributed by atoms with Crippen LogP contribution in [0.2, 0.25) is 0 Å². The number of hydrogen-bond acceptors (Lipinski definition) is 1. The molecule has 126 valence electrons. The third-order valence-electron chi connectivity index (χ3n) is 2.68. The summed E-state index contributed by atoms with van der Waals surface area (Å²) in [6.07, 6.45) is -9.42. The topological polar surface area (TPSA) is 29.1 Å². The van der Waals surface area contributed by atoms with Crippen LogP contribution in [0.1, 0.15) is 37.9 Å². The van der Waals surface area contributed by atoms with Crippen LogP contribution in [0.5, 0.6) is 0 Å². The molecule has 0 aromatic heterocycles. The van der Waals surface area contributed by atoms with Gasteiger partial charge in [-0.3, -0.25) is 0 Å². The minimum Gasteiger partial charge on any atom is -0.242 e. The van der Waals surface area contributed by atoms with E-state index < -0.39 is 45.3 Å². The molecule has 0 amide bonds. The molecule has 1 N–H and O–H groups in total. The van der Waals surface area contributed by atoms with E-state index in [0.717, 1.165) is 12.1 Å². The van der Waals surface area contributed by atoms with Crippen LogP contribution in [0.4, 0.5) is 26.3 Å². The van der Waals surface area contributed by atoms with Gasteiger partial charge in [-0.15, -0.1) is 0 Å². The van der Waals surface area contributed by atoms with Crippen LogP contribution in [0.3, 0.4) is 0 Å². The molecule has 0 bridgehead atoms. The third kappa shape index (κ3) is 4.98. The Hall–Kier alpha value is -1.09. The summed E-state index contributed by atoms with van der Waals surface area (Å²) in [7, 11) is -2.03. The Morgan fingerprint density at radius 3 is 1.73 bits per heavy atom. The molecular formula is C13H15F6NOS. The second kappa shape index (κ2) is 6.19. The van der Waals surface area contributed by atoms with E-state index in [1.54, 1.807) is 0 Å². The summed E-state index contributed by atoms with van der Waals surface area (Å²) in [4.78, 5) is 0. The van der Waals surface area contributed by atoms with Gasteiger partial charge in [0, 0.05) is 0 Å². The molecule has 2 nitrogen and oxygen atoms in total. The first-order valence-electron chi connectivity index (χ1n) is 6.15. The van der Waals surface area contributed by atoms with Crippen LogP contribution in [0.25, 0.3) is 0 Å². The number of alkyl halides is 6. The molecule has 0 aliphatic heterocycles. The highest BCUT2D eigenvalue weighted by atomic mass is 32.2. The fraction of sp³-hybridized carbons (Fsp3) is 0.538. The molecule has 0 saturated carbocycles. The lowest BCUT2D eigenvalue weighted by molar-refractivity contribution is -0.152. The van der Waals surface area contributed by atoms with E-state index in [9.17, 15) is 30.6 Å². The Labute approximate surface area is 126 Å². The van der Waals surface area contributed by atoms with Crippen molar-refractivity contribution in [1.82, 2.24) is 4.72 Å². The number of rotatable bonds is 3. The smallest absolute Gasteiger partial charge is 0.242 e. The maximum absolute atomic E-state index is 13.1. The molecule has 9 heteroatoms. The normalized spacial score (nSPS) is 16.4. The van der Waals surface area contributed by atoms with Crippen molar-refractivity contribution in [3.63, 3.8) is 0 Å². The molecule has 1 unspecified atom stereocenters. The zero-order chi connectivity index (χ0) is 17.3. The number of benzene rings is 1. The van der Waals surface area contributed by atoms with Crippen LogP contribution < -0.4 is 4.72 Å². The van der Waals surface area contributed by atoms with Crippen molar-refractivity contribution in [2.45, 2.75) is 43.9 Å². The largest absolute Gasteiger partial charge is 0.416 e. The Morgan fingerprint density at radius 2 is 1.41 bits per heavy atom. The average Bonchev–Trinajstić information content (AvgIpc) is 2.32. The molecular weight excluding hydrogens is 332 g/mol. The Bertz CT molecular complexity index is 529. The quantitative estimate of drug-likeness (QED) is 0.809. The van der Waals surface area contributed by atoms with E-state index in [2.05, 4.69) is 0 Å². The molecule has 0 radical (unpaired) electrons. The first-order valence-corrected chi connectivity index (χ1v) is 7.30. The van der Waals surface area contributed by atoms with Crippen molar-refractivity contribution in [3.05, 3.63) is 35.4 Å². The summed E-state index contributed by atoms with van der Waals surface area (Å²) in [5.74, 6) is 0. The van der Waals surface area contributed by atoms with Gasteiger partial charge < -0.3 is 0 Å². The Kier molecular flexibility index (Phi) is 5.34. The van der Waals surface area contributed by atoms with E-state index in [-0.39, 0.29) is 0 Å². The predicted octanol–water partition coefficient (Wildman–Crippen LogP) is 4.36. The predicted molar refractivity (Wildman–Crippen MR) is 71.3 cm³/mol. The molecule has 0 saturated heterocycles. The molecule has 2 atom stereocenters. The second-order valence-corrected chi connectivity index (χ2v) is 7.59. The van der Waals surface area contributed by atoms with Crippen molar-refractivity contribution >= 4 is 11.0 Å². The first-order chi connectivity index (χ1) is 9.73. The summed E-state index contributed by atoms with van der Waals surface area (Å²) in [6, 6.07) is 0.280. The van der Waals surface area contributed by atoms with Gasteiger partial charge in [-0.25, -0.2) is 8.93 Å². The molecule has 0 aliphatic rings. The second-order valence-electron chi connectivity index (χ2n) is 5.59. The zero-order valence-electron chi connectivity index (χ0n) is 12.0. The van der Waals surface area contributed by atoms with E-state index in [0.29, 0.717) is 12.1 Å². The van der Waals surface area contributed by atoms with E-state index >= 15 is 0 Å². The van der Waals surface area contributed by atoms with E-state index in [4.69, 9.17) is 0 Å². The minimum atomic E-state index is -4.79. The number of hydrogen-bond donors (Lipinski definition) is 1. The SMILES string of the molecule is CC(C)(C)S(=O)N[C@@H](c1ccc(C(F)(F)F)cc1)C(F)(F)F. The third-order valence-corrected chi connectivity index (χ3v) is 4.24. The fourth-order valence-electron chi connectivity index (χ4n) is 1.47. The maximum atomic E-state index is 13.1. The molecule has 0 fully saturated rings. The summed E-state index contributed by atoms with van der Waals surface area (Å²) in [6.45, 7) is 4.45. The number of nitrogens with one attached hydrogen (secondary N) is 1. The highest BCUT2D eigenvalue weighted by Crippen LogP contribution is 2.36. The van der Waals surface area contributed by atoms with Gasteiger partial charge in [-0.1, -0.05) is 12.1 Å². The monoisotopic (exact) mass is 347 g/mol. The lowest BCUT2D eigenvalue weighted by Gasteiger charge is -2.26. The molecule has 0 aliphatic carbocycles. The molecule has 0 heterocycles. The van der Waals surface area contributed by atoms with E-state index in [1.165, 1.54) is 20.8 Å². The highest BCUT2D eigenvalue weighted by Gasteiger charge is 2.43. The first kappa shape index (κ1) is 19.0. The molecule has 1 rings (SSSR count). The average molecular weight is 347 g/mol. The van der Waals surface area contributed by atoms with Crippen molar-refractivity contribution < 1.29 is 30.6 Å². The van der Waals surface area contributed by atoms with Crippen LogP contribution in [0, 0.1) is 0 Å². The van der Waals surface area contributed by atoms with Gasteiger partial charge in [0.1, 0.15) is 6.04 Å². The van der Waals surface area contributed by atoms with Crippen molar-refractivity contribution in [2.75, 3.05) is 0 Å². The number of halogens is 6. The van der Waals surface area contributed by atoms with E-state index in [1.807, 2.05) is 4.72 Å². The van der Waals surface area contributed by atoms with Gasteiger partial charge >= 0.3 is 12.4 Å². The van der Waals surface area contributed by atoms with Gasteiger partial charge in [0.25, 0.3) is 0 Å². The van der Waals surface area contributed by atoms with Gasteiger partial charge in [-0.05, 0) is 38.5 Å². The van der Waals surface area contributed by atoms with Crippen LogP contribution in [-0.4, -0.2) is 15.1 Å². The molecule has 0 spiro atoms. The lowest BCUT2D eigenvalue weighted by Crippen LogP contribution is -2.41. The summed E-state index contributed by atoms with van der Waals surface area (Å²) in [5, 5.41) is 0. The zero-order valence-corrected chi connectivity index (χ0v) is 12.8. The van der Waals surface area contributed by atoms with Gasteiger partial charge in [0.05, 0.1) is 21.3 Å². The summed E-state index contributed by atoms with van der Waals surface area (Å²) in [5.41, 5.74) is -1.48. The van der Waals surface area contributed by atoms with Crippen LogP contribution in [-0.2, 0) is 17.2 Å². The van der Waals surface area contributed by atoms with Gasteiger partial charge in [-0.2, -0.15) is 26.3 Å². The van der Waals surface area contributed by atoms with Crippen LogP contribution >= 0.6 is 0 Å².